The van der Waals surface area contributed by atoms with E-state index in [-0.39, 0.29) is 0 Å². The van der Waals surface area contributed by atoms with Crippen LogP contribution in [0.3, 0.4) is 0 Å². The van der Waals surface area contributed by atoms with Crippen molar-refractivity contribution in [2.45, 2.75) is 73.1 Å². The van der Waals surface area contributed by atoms with Gasteiger partial charge in [-0.25, -0.2) is 0 Å². The SMILES string of the molecule is CC(=O)[O-].CCCCCCCC[N+](CC)(CC)CC. The summed E-state index contributed by atoms with van der Waals surface area (Å²) >= 11 is 0. The van der Waals surface area contributed by atoms with Crippen LogP contribution in [0.15, 0.2) is 0 Å². The van der Waals surface area contributed by atoms with Crippen LogP contribution in [0.1, 0.15) is 73.1 Å². The Morgan fingerprint density at radius 1 is 0.842 bits per heavy atom. The van der Waals surface area contributed by atoms with E-state index >= 15 is 0 Å². The molecule has 0 aromatic heterocycles. The molecule has 0 atom stereocenters. The number of carbonyl (C=O) groups excluding carboxylic acids is 1. The maximum absolute atomic E-state index is 8.89. The van der Waals surface area contributed by atoms with Gasteiger partial charge in [0.05, 0.1) is 26.2 Å². The monoisotopic (exact) mass is 273 g/mol. The number of carboxylic acids is 1. The summed E-state index contributed by atoms with van der Waals surface area (Å²) in [4.78, 5) is 8.89. The number of carbonyl (C=O) groups is 1. The van der Waals surface area contributed by atoms with Crippen LogP contribution in [0, 0.1) is 0 Å². The molecule has 0 aliphatic carbocycles. The summed E-state index contributed by atoms with van der Waals surface area (Å²) in [6, 6.07) is 0. The highest BCUT2D eigenvalue weighted by Crippen LogP contribution is 2.11. The first-order chi connectivity index (χ1) is 8.97. The zero-order valence-electron chi connectivity index (χ0n) is 13.8. The van der Waals surface area contributed by atoms with Gasteiger partial charge in [0.1, 0.15) is 0 Å². The molecule has 0 amide bonds. The number of hydrogen-bond acceptors (Lipinski definition) is 2. The molecule has 0 rings (SSSR count). The van der Waals surface area contributed by atoms with Crippen molar-refractivity contribution in [3.8, 4) is 0 Å². The first-order valence-corrected chi connectivity index (χ1v) is 8.00. The van der Waals surface area contributed by atoms with Crippen LogP contribution in [0.4, 0.5) is 0 Å². The van der Waals surface area contributed by atoms with Gasteiger partial charge in [-0.15, -0.1) is 0 Å². The number of hydrogen-bond donors (Lipinski definition) is 0. The van der Waals surface area contributed by atoms with Crippen molar-refractivity contribution in [3.05, 3.63) is 0 Å². The summed E-state index contributed by atoms with van der Waals surface area (Å²) in [5, 5.41) is 8.89. The minimum absolute atomic E-state index is 0.972. The molecule has 0 aliphatic heterocycles. The number of nitrogens with zero attached hydrogens (tertiary/aromatic N) is 1. The van der Waals surface area contributed by atoms with Crippen LogP contribution in [0.2, 0.25) is 0 Å². The van der Waals surface area contributed by atoms with E-state index in [9.17, 15) is 0 Å². The summed E-state index contributed by atoms with van der Waals surface area (Å²) in [5.74, 6) is -1.08. The molecule has 0 N–H and O–H groups in total. The molecule has 0 unspecified atom stereocenters. The first-order valence-electron chi connectivity index (χ1n) is 8.00. The van der Waals surface area contributed by atoms with Gasteiger partial charge in [-0.1, -0.05) is 32.6 Å². The fourth-order valence-electron chi connectivity index (χ4n) is 2.37. The normalized spacial score (nSPS) is 10.8. The molecule has 116 valence electrons. The van der Waals surface area contributed by atoms with Gasteiger partial charge >= 0.3 is 0 Å². The molecule has 0 bridgehead atoms. The maximum atomic E-state index is 8.89. The topological polar surface area (TPSA) is 40.1 Å². The zero-order chi connectivity index (χ0) is 15.1. The third-order valence-electron chi connectivity index (χ3n) is 4.00. The Hall–Kier alpha value is -0.570. The quantitative estimate of drug-likeness (QED) is 0.453. The van der Waals surface area contributed by atoms with Crippen molar-refractivity contribution in [3.63, 3.8) is 0 Å². The van der Waals surface area contributed by atoms with Crippen LogP contribution >= 0.6 is 0 Å². The molecule has 0 aliphatic rings. The van der Waals surface area contributed by atoms with Crippen LogP contribution in [0.5, 0.6) is 0 Å². The second kappa shape index (κ2) is 13.9. The van der Waals surface area contributed by atoms with Crippen LogP contribution in [-0.4, -0.2) is 36.6 Å². The molecule has 0 saturated heterocycles. The van der Waals surface area contributed by atoms with Crippen LogP contribution in [0.25, 0.3) is 0 Å². The van der Waals surface area contributed by atoms with Gasteiger partial charge in [-0.05, 0) is 40.5 Å². The minimum atomic E-state index is -1.08. The Balaban J connectivity index is 0. The van der Waals surface area contributed by atoms with Crippen molar-refractivity contribution in [1.29, 1.82) is 0 Å². The maximum Gasteiger partial charge on any atom is 0.0786 e. The van der Waals surface area contributed by atoms with E-state index < -0.39 is 5.97 Å². The number of quaternary nitrogens is 1. The Labute approximate surface area is 120 Å². The Kier molecular flexibility index (Phi) is 15.1. The summed E-state index contributed by atoms with van der Waals surface area (Å²) < 4.78 is 1.33. The predicted molar refractivity (Wildman–Crippen MR) is 80.8 cm³/mol. The van der Waals surface area contributed by atoms with Gasteiger partial charge < -0.3 is 14.4 Å². The Morgan fingerprint density at radius 2 is 1.21 bits per heavy atom. The number of carboxylic acid groups (broad SMARTS) is 1. The van der Waals surface area contributed by atoms with E-state index in [1.54, 1.807) is 0 Å². The first kappa shape index (κ1) is 20.7. The molecule has 0 aromatic carbocycles. The lowest BCUT2D eigenvalue weighted by Crippen LogP contribution is -2.48. The predicted octanol–water partition coefficient (Wildman–Crippen LogP) is 2.98. The molecule has 0 fully saturated rings. The molecular weight excluding hydrogens is 238 g/mol. The fourth-order valence-corrected chi connectivity index (χ4v) is 2.37. The van der Waals surface area contributed by atoms with Crippen molar-refractivity contribution in [2.75, 3.05) is 26.2 Å². The van der Waals surface area contributed by atoms with Crippen LogP contribution in [-0.2, 0) is 4.79 Å². The highest BCUT2D eigenvalue weighted by atomic mass is 16.4. The lowest BCUT2D eigenvalue weighted by atomic mass is 10.1. The molecule has 3 nitrogen and oxygen atoms in total. The number of aliphatic carboxylic acids is 1. The number of rotatable bonds is 10. The van der Waals surface area contributed by atoms with Gasteiger partial charge in [0.25, 0.3) is 0 Å². The van der Waals surface area contributed by atoms with Gasteiger partial charge in [0.2, 0.25) is 0 Å². The average molecular weight is 273 g/mol. The van der Waals surface area contributed by atoms with E-state index in [2.05, 4.69) is 27.7 Å². The molecule has 0 heterocycles. The second-order valence-corrected chi connectivity index (χ2v) is 5.27. The third kappa shape index (κ3) is 13.7. The summed E-state index contributed by atoms with van der Waals surface area (Å²) in [6.45, 7) is 15.6. The van der Waals surface area contributed by atoms with Gasteiger partial charge in [-0.3, -0.25) is 0 Å². The van der Waals surface area contributed by atoms with Crippen LogP contribution < -0.4 is 5.11 Å². The molecule has 0 saturated carbocycles. The van der Waals surface area contributed by atoms with Gasteiger partial charge in [0, 0.05) is 5.97 Å². The smallest absolute Gasteiger partial charge is 0.0786 e. The molecular formula is C16H35NO2. The lowest BCUT2D eigenvalue weighted by Gasteiger charge is -2.35. The van der Waals surface area contributed by atoms with Crippen molar-refractivity contribution in [2.24, 2.45) is 0 Å². The molecule has 19 heavy (non-hydrogen) atoms. The van der Waals surface area contributed by atoms with Gasteiger partial charge in [-0.2, -0.15) is 0 Å². The standard InChI is InChI=1S/C14H32N.C2H4O2/c1-5-9-10-11-12-13-14-15(6-2,7-3)8-4;1-2(3)4/h5-14H2,1-4H3;1H3,(H,3,4)/q+1;/p-1. The van der Waals surface area contributed by atoms with E-state index in [0.29, 0.717) is 0 Å². The summed E-state index contributed by atoms with van der Waals surface area (Å²) in [6.07, 6.45) is 8.55. The molecule has 0 aromatic rings. The fraction of sp³-hybridized carbons (Fsp3) is 0.938. The van der Waals surface area contributed by atoms with Crippen molar-refractivity contribution < 1.29 is 14.4 Å². The molecule has 0 radical (unpaired) electrons. The highest BCUT2D eigenvalue weighted by molar-refractivity contribution is 5.60. The minimum Gasteiger partial charge on any atom is -0.550 e. The third-order valence-corrected chi connectivity index (χ3v) is 4.00. The zero-order valence-corrected chi connectivity index (χ0v) is 13.8. The second-order valence-electron chi connectivity index (χ2n) is 5.27. The van der Waals surface area contributed by atoms with Gasteiger partial charge in [0.15, 0.2) is 0 Å². The van der Waals surface area contributed by atoms with E-state index in [0.717, 1.165) is 6.92 Å². The molecule has 3 heteroatoms. The summed E-state index contributed by atoms with van der Waals surface area (Å²) in [7, 11) is 0. The highest BCUT2D eigenvalue weighted by Gasteiger charge is 2.19. The van der Waals surface area contributed by atoms with Crippen molar-refractivity contribution >= 4 is 5.97 Å². The Morgan fingerprint density at radius 3 is 1.58 bits per heavy atom. The van der Waals surface area contributed by atoms with E-state index in [1.165, 1.54) is 69.2 Å². The van der Waals surface area contributed by atoms with E-state index in [4.69, 9.17) is 9.90 Å². The van der Waals surface area contributed by atoms with Crippen molar-refractivity contribution in [1.82, 2.24) is 0 Å². The molecule has 0 spiro atoms. The summed E-state index contributed by atoms with van der Waals surface area (Å²) in [5.41, 5.74) is 0. The largest absolute Gasteiger partial charge is 0.550 e. The lowest BCUT2D eigenvalue weighted by molar-refractivity contribution is -0.923. The van der Waals surface area contributed by atoms with E-state index in [1.807, 2.05) is 0 Å². The Bertz CT molecular complexity index is 189. The average Bonchev–Trinajstić information content (AvgIpc) is 2.38. The number of unbranched alkanes of at least 4 members (excludes halogenated alkanes) is 5.